The molecular formula is C20H31N3O3. The number of hydrogen-bond donors (Lipinski definition) is 1. The molecule has 0 atom stereocenters. The van der Waals surface area contributed by atoms with Gasteiger partial charge in [0, 0.05) is 26.7 Å². The second-order valence-corrected chi connectivity index (χ2v) is 6.43. The number of rotatable bonds is 7. The summed E-state index contributed by atoms with van der Waals surface area (Å²) < 4.78 is 10.3. The van der Waals surface area contributed by atoms with Crippen LogP contribution in [-0.2, 0) is 27.4 Å². The second kappa shape index (κ2) is 10.8. The summed E-state index contributed by atoms with van der Waals surface area (Å²) in [6.45, 7) is 8.10. The fourth-order valence-corrected chi connectivity index (χ4v) is 3.09. The van der Waals surface area contributed by atoms with Gasteiger partial charge >= 0.3 is 5.97 Å². The van der Waals surface area contributed by atoms with Gasteiger partial charge in [0.2, 0.25) is 0 Å². The fraction of sp³-hybridized carbons (Fsp3) is 0.600. The van der Waals surface area contributed by atoms with Crippen LogP contribution in [0.15, 0.2) is 29.3 Å². The van der Waals surface area contributed by atoms with Crippen LogP contribution in [0, 0.1) is 5.92 Å². The number of carbonyl (C=O) groups excluding carboxylic acids is 1. The van der Waals surface area contributed by atoms with Crippen molar-refractivity contribution in [1.82, 2.24) is 10.2 Å². The van der Waals surface area contributed by atoms with Gasteiger partial charge in [-0.15, -0.1) is 0 Å². The first-order valence-corrected chi connectivity index (χ1v) is 9.44. The highest BCUT2D eigenvalue weighted by atomic mass is 16.5. The van der Waals surface area contributed by atoms with E-state index in [1.54, 1.807) is 7.11 Å². The van der Waals surface area contributed by atoms with Crippen LogP contribution in [0.5, 0.6) is 0 Å². The maximum Gasteiger partial charge on any atom is 0.309 e. The zero-order valence-corrected chi connectivity index (χ0v) is 16.2. The summed E-state index contributed by atoms with van der Waals surface area (Å²) in [5, 5.41) is 3.36. The van der Waals surface area contributed by atoms with Crippen molar-refractivity contribution in [2.75, 3.05) is 33.4 Å². The molecule has 1 fully saturated rings. The number of hydrogen-bond acceptors (Lipinski definition) is 4. The number of guanidine groups is 1. The van der Waals surface area contributed by atoms with Crippen LogP contribution >= 0.6 is 0 Å². The fourth-order valence-electron chi connectivity index (χ4n) is 3.09. The number of likely N-dealkylation sites (tertiary alicyclic amines) is 1. The van der Waals surface area contributed by atoms with E-state index in [9.17, 15) is 4.79 Å². The van der Waals surface area contributed by atoms with E-state index < -0.39 is 0 Å². The quantitative estimate of drug-likeness (QED) is 0.459. The third-order valence-electron chi connectivity index (χ3n) is 4.49. The van der Waals surface area contributed by atoms with Crippen LogP contribution in [-0.4, -0.2) is 50.2 Å². The van der Waals surface area contributed by atoms with Gasteiger partial charge < -0.3 is 19.7 Å². The number of aliphatic imine (C=N–C) groups is 1. The highest BCUT2D eigenvalue weighted by Crippen LogP contribution is 2.19. The Balaban J connectivity index is 1.93. The summed E-state index contributed by atoms with van der Waals surface area (Å²) in [5.74, 6) is 0.864. The molecule has 1 aromatic carbocycles. The minimum Gasteiger partial charge on any atom is -0.466 e. The Hall–Kier alpha value is -2.08. The number of piperidine rings is 1. The average Bonchev–Trinajstić information content (AvgIpc) is 2.67. The highest BCUT2D eigenvalue weighted by molar-refractivity contribution is 5.80. The van der Waals surface area contributed by atoms with Crippen molar-refractivity contribution < 1.29 is 14.3 Å². The van der Waals surface area contributed by atoms with Gasteiger partial charge in [0.15, 0.2) is 5.96 Å². The third kappa shape index (κ3) is 6.02. The molecule has 0 saturated carbocycles. The first-order chi connectivity index (χ1) is 12.7. The number of carbonyl (C=O) groups is 1. The normalized spacial score (nSPS) is 15.8. The second-order valence-electron chi connectivity index (χ2n) is 6.43. The molecule has 0 spiro atoms. The summed E-state index contributed by atoms with van der Waals surface area (Å²) >= 11 is 0. The number of ether oxygens (including phenoxy) is 2. The van der Waals surface area contributed by atoms with E-state index in [1.165, 1.54) is 5.56 Å². The van der Waals surface area contributed by atoms with E-state index in [4.69, 9.17) is 14.5 Å². The van der Waals surface area contributed by atoms with E-state index >= 15 is 0 Å². The van der Waals surface area contributed by atoms with E-state index in [-0.39, 0.29) is 11.9 Å². The van der Waals surface area contributed by atoms with E-state index in [2.05, 4.69) is 41.4 Å². The maximum absolute atomic E-state index is 11.9. The van der Waals surface area contributed by atoms with Gasteiger partial charge in [-0.2, -0.15) is 0 Å². The average molecular weight is 361 g/mol. The lowest BCUT2D eigenvalue weighted by Crippen LogP contribution is -2.46. The smallest absolute Gasteiger partial charge is 0.309 e. The topological polar surface area (TPSA) is 63.2 Å². The van der Waals surface area contributed by atoms with Gasteiger partial charge in [0.1, 0.15) is 0 Å². The standard InChI is InChI=1S/C20H31N3O3/c1-4-21-20(22-14-16-6-8-17(9-7-16)15-25-3)23-12-10-18(11-13-23)19(24)26-5-2/h6-9,18H,4-5,10-15H2,1-3H3,(H,21,22). The van der Waals surface area contributed by atoms with E-state index in [0.29, 0.717) is 19.8 Å². The van der Waals surface area contributed by atoms with Crippen molar-refractivity contribution >= 4 is 11.9 Å². The zero-order valence-electron chi connectivity index (χ0n) is 16.2. The lowest BCUT2D eigenvalue weighted by atomic mass is 9.97. The van der Waals surface area contributed by atoms with Gasteiger partial charge in [0.25, 0.3) is 0 Å². The summed E-state index contributed by atoms with van der Waals surface area (Å²) in [6.07, 6.45) is 1.63. The summed E-state index contributed by atoms with van der Waals surface area (Å²) in [7, 11) is 1.70. The van der Waals surface area contributed by atoms with E-state index in [1.807, 2.05) is 6.92 Å². The zero-order chi connectivity index (χ0) is 18.8. The first-order valence-electron chi connectivity index (χ1n) is 9.44. The largest absolute Gasteiger partial charge is 0.466 e. The summed E-state index contributed by atoms with van der Waals surface area (Å²) in [6, 6.07) is 8.33. The molecule has 6 nitrogen and oxygen atoms in total. The minimum atomic E-state index is -0.0646. The van der Waals surface area contributed by atoms with Crippen LogP contribution in [0.3, 0.4) is 0 Å². The molecule has 144 valence electrons. The lowest BCUT2D eigenvalue weighted by Gasteiger charge is -2.33. The molecule has 1 aliphatic rings. The van der Waals surface area contributed by atoms with Gasteiger partial charge in [-0.05, 0) is 37.8 Å². The molecule has 2 rings (SSSR count). The van der Waals surface area contributed by atoms with Crippen molar-refractivity contribution in [3.05, 3.63) is 35.4 Å². The first kappa shape index (κ1) is 20.2. The number of esters is 1. The lowest BCUT2D eigenvalue weighted by molar-refractivity contribution is -0.149. The van der Waals surface area contributed by atoms with Crippen molar-refractivity contribution in [2.24, 2.45) is 10.9 Å². The number of benzene rings is 1. The number of nitrogens with zero attached hydrogens (tertiary/aromatic N) is 2. The molecule has 0 aromatic heterocycles. The Kier molecular flexibility index (Phi) is 8.41. The predicted molar refractivity (Wildman–Crippen MR) is 103 cm³/mol. The predicted octanol–water partition coefficient (Wildman–Crippen LogP) is 2.57. The Morgan fingerprint density at radius 2 is 1.85 bits per heavy atom. The molecule has 1 aliphatic heterocycles. The maximum atomic E-state index is 11.9. The molecule has 0 radical (unpaired) electrons. The highest BCUT2D eigenvalue weighted by Gasteiger charge is 2.27. The van der Waals surface area contributed by atoms with Crippen LogP contribution in [0.2, 0.25) is 0 Å². The van der Waals surface area contributed by atoms with Gasteiger partial charge in [0.05, 0.1) is 25.7 Å². The van der Waals surface area contributed by atoms with Crippen molar-refractivity contribution in [3.63, 3.8) is 0 Å². The summed E-state index contributed by atoms with van der Waals surface area (Å²) in [4.78, 5) is 18.9. The molecule has 1 heterocycles. The Bertz CT molecular complexity index is 578. The van der Waals surface area contributed by atoms with Gasteiger partial charge in [-0.25, -0.2) is 4.99 Å². The molecule has 0 bridgehead atoms. The van der Waals surface area contributed by atoms with Crippen molar-refractivity contribution in [2.45, 2.75) is 39.8 Å². The van der Waals surface area contributed by atoms with E-state index in [0.717, 1.165) is 44.0 Å². The molecule has 6 heteroatoms. The van der Waals surface area contributed by atoms with Crippen molar-refractivity contribution in [1.29, 1.82) is 0 Å². The van der Waals surface area contributed by atoms with Crippen LogP contribution < -0.4 is 5.32 Å². The van der Waals surface area contributed by atoms with Crippen LogP contribution in [0.25, 0.3) is 0 Å². The number of methoxy groups -OCH3 is 1. The number of nitrogens with one attached hydrogen (secondary N) is 1. The molecule has 0 aliphatic carbocycles. The molecule has 0 unspecified atom stereocenters. The molecule has 1 saturated heterocycles. The van der Waals surface area contributed by atoms with Crippen molar-refractivity contribution in [3.8, 4) is 0 Å². The Morgan fingerprint density at radius 3 is 2.42 bits per heavy atom. The molecule has 1 N–H and O–H groups in total. The monoisotopic (exact) mass is 361 g/mol. The van der Waals surface area contributed by atoms with Crippen LogP contribution in [0.4, 0.5) is 0 Å². The molecular weight excluding hydrogens is 330 g/mol. The van der Waals surface area contributed by atoms with Gasteiger partial charge in [-0.3, -0.25) is 4.79 Å². The SMILES string of the molecule is CCNC(=NCc1ccc(COC)cc1)N1CCC(C(=O)OCC)CC1. The Morgan fingerprint density at radius 1 is 1.19 bits per heavy atom. The summed E-state index contributed by atoms with van der Waals surface area (Å²) in [5.41, 5.74) is 2.33. The van der Waals surface area contributed by atoms with Crippen LogP contribution in [0.1, 0.15) is 37.8 Å². The Labute approximate surface area is 156 Å². The third-order valence-corrected chi connectivity index (χ3v) is 4.49. The molecule has 26 heavy (non-hydrogen) atoms. The molecule has 0 amide bonds. The molecule has 1 aromatic rings. The van der Waals surface area contributed by atoms with Gasteiger partial charge in [-0.1, -0.05) is 24.3 Å². The minimum absolute atomic E-state index is 0.0161.